The molecule has 118 valence electrons. The largest absolute Gasteiger partial charge is 0.465 e. The first-order valence-corrected chi connectivity index (χ1v) is 7.59. The van der Waals surface area contributed by atoms with E-state index in [-0.39, 0.29) is 11.9 Å². The van der Waals surface area contributed by atoms with Crippen molar-refractivity contribution in [3.05, 3.63) is 42.0 Å². The lowest BCUT2D eigenvalue weighted by Gasteiger charge is -2.33. The predicted molar refractivity (Wildman–Crippen MR) is 85.1 cm³/mol. The van der Waals surface area contributed by atoms with Gasteiger partial charge in [-0.15, -0.1) is 0 Å². The van der Waals surface area contributed by atoms with Gasteiger partial charge in [-0.2, -0.15) is 0 Å². The quantitative estimate of drug-likeness (QED) is 0.609. The Bertz CT molecular complexity index is 520. The molecular formula is C17H22N2O3. The van der Waals surface area contributed by atoms with Crippen LogP contribution in [-0.4, -0.2) is 61.0 Å². The van der Waals surface area contributed by atoms with Crippen LogP contribution in [0.1, 0.15) is 12.5 Å². The Morgan fingerprint density at radius 3 is 2.45 bits per heavy atom. The van der Waals surface area contributed by atoms with Crippen LogP contribution in [0.2, 0.25) is 0 Å². The van der Waals surface area contributed by atoms with Gasteiger partial charge in [0.2, 0.25) is 5.91 Å². The molecule has 0 atom stereocenters. The summed E-state index contributed by atoms with van der Waals surface area (Å²) in [7, 11) is 0. The highest BCUT2D eigenvalue weighted by molar-refractivity contribution is 5.91. The molecule has 1 fully saturated rings. The van der Waals surface area contributed by atoms with Gasteiger partial charge >= 0.3 is 5.97 Å². The Balaban J connectivity index is 1.77. The highest BCUT2D eigenvalue weighted by Crippen LogP contribution is 2.05. The SMILES string of the molecule is CCOC(=O)CN1CCN(C(=O)C=Cc2ccccc2)CC1. The Labute approximate surface area is 131 Å². The number of nitrogens with zero attached hydrogens (tertiary/aromatic N) is 2. The van der Waals surface area contributed by atoms with E-state index < -0.39 is 0 Å². The molecule has 0 aromatic heterocycles. The summed E-state index contributed by atoms with van der Waals surface area (Å²) in [6.45, 7) is 5.17. The van der Waals surface area contributed by atoms with Crippen molar-refractivity contribution in [2.45, 2.75) is 6.92 Å². The highest BCUT2D eigenvalue weighted by Gasteiger charge is 2.21. The van der Waals surface area contributed by atoms with Gasteiger partial charge in [-0.25, -0.2) is 0 Å². The topological polar surface area (TPSA) is 49.9 Å². The van der Waals surface area contributed by atoms with Gasteiger partial charge < -0.3 is 9.64 Å². The second-order valence-corrected chi connectivity index (χ2v) is 5.15. The summed E-state index contributed by atoms with van der Waals surface area (Å²) in [6.07, 6.45) is 3.43. The fraction of sp³-hybridized carbons (Fsp3) is 0.412. The molecule has 0 spiro atoms. The minimum Gasteiger partial charge on any atom is -0.465 e. The van der Waals surface area contributed by atoms with E-state index in [0.717, 1.165) is 5.56 Å². The first-order valence-electron chi connectivity index (χ1n) is 7.59. The number of benzene rings is 1. The Morgan fingerprint density at radius 1 is 1.14 bits per heavy atom. The van der Waals surface area contributed by atoms with E-state index in [4.69, 9.17) is 4.74 Å². The maximum absolute atomic E-state index is 12.1. The van der Waals surface area contributed by atoms with Crippen molar-refractivity contribution < 1.29 is 14.3 Å². The smallest absolute Gasteiger partial charge is 0.320 e. The van der Waals surface area contributed by atoms with E-state index in [2.05, 4.69) is 0 Å². The maximum atomic E-state index is 12.1. The van der Waals surface area contributed by atoms with Gasteiger partial charge in [0.05, 0.1) is 13.2 Å². The van der Waals surface area contributed by atoms with Crippen molar-refractivity contribution in [2.24, 2.45) is 0 Å². The van der Waals surface area contributed by atoms with Crippen LogP contribution in [-0.2, 0) is 14.3 Å². The van der Waals surface area contributed by atoms with E-state index >= 15 is 0 Å². The summed E-state index contributed by atoms with van der Waals surface area (Å²) in [4.78, 5) is 27.4. The molecule has 0 N–H and O–H groups in total. The van der Waals surface area contributed by atoms with Crippen molar-refractivity contribution in [1.29, 1.82) is 0 Å². The molecule has 1 heterocycles. The fourth-order valence-corrected chi connectivity index (χ4v) is 2.35. The van der Waals surface area contributed by atoms with Gasteiger partial charge in [0.15, 0.2) is 0 Å². The lowest BCUT2D eigenvalue weighted by atomic mass is 10.2. The maximum Gasteiger partial charge on any atom is 0.320 e. The molecule has 1 aromatic rings. The summed E-state index contributed by atoms with van der Waals surface area (Å²) in [5.74, 6) is -0.189. The number of rotatable bonds is 5. The number of carbonyl (C=O) groups excluding carboxylic acids is 2. The molecule has 5 nitrogen and oxygen atoms in total. The number of amides is 1. The van der Waals surface area contributed by atoms with Crippen molar-refractivity contribution in [3.63, 3.8) is 0 Å². The minimum absolute atomic E-state index is 0.0136. The summed E-state index contributed by atoms with van der Waals surface area (Å²) in [5, 5.41) is 0. The van der Waals surface area contributed by atoms with Crippen LogP contribution in [0.5, 0.6) is 0 Å². The molecule has 22 heavy (non-hydrogen) atoms. The molecule has 0 radical (unpaired) electrons. The van der Waals surface area contributed by atoms with Crippen LogP contribution in [0.3, 0.4) is 0 Å². The van der Waals surface area contributed by atoms with Gasteiger partial charge in [-0.05, 0) is 18.6 Å². The van der Waals surface area contributed by atoms with Crippen molar-refractivity contribution >= 4 is 18.0 Å². The molecule has 0 saturated carbocycles. The number of esters is 1. The van der Waals surface area contributed by atoms with Gasteiger partial charge in [-0.1, -0.05) is 30.3 Å². The number of piperazine rings is 1. The molecule has 1 amide bonds. The molecule has 0 unspecified atom stereocenters. The number of ether oxygens (including phenoxy) is 1. The second kappa shape index (κ2) is 8.34. The fourth-order valence-electron chi connectivity index (χ4n) is 2.35. The van der Waals surface area contributed by atoms with Crippen LogP contribution >= 0.6 is 0 Å². The van der Waals surface area contributed by atoms with Crippen LogP contribution in [0, 0.1) is 0 Å². The Morgan fingerprint density at radius 2 is 1.82 bits per heavy atom. The number of carbonyl (C=O) groups is 2. The normalized spacial score (nSPS) is 16.0. The average molecular weight is 302 g/mol. The second-order valence-electron chi connectivity index (χ2n) is 5.15. The molecule has 1 aromatic carbocycles. The standard InChI is InChI=1S/C17H22N2O3/c1-2-22-17(21)14-18-10-12-19(13-11-18)16(20)9-8-15-6-4-3-5-7-15/h3-9H,2,10-14H2,1H3. The number of hydrogen-bond acceptors (Lipinski definition) is 4. The van der Waals surface area contributed by atoms with Gasteiger partial charge in [0, 0.05) is 32.3 Å². The monoisotopic (exact) mass is 302 g/mol. The first-order chi connectivity index (χ1) is 10.7. The van der Waals surface area contributed by atoms with E-state index in [9.17, 15) is 9.59 Å². The van der Waals surface area contributed by atoms with Crippen molar-refractivity contribution in [1.82, 2.24) is 9.80 Å². The molecule has 5 heteroatoms. The third kappa shape index (κ3) is 5.00. The van der Waals surface area contributed by atoms with Crippen LogP contribution in [0.15, 0.2) is 36.4 Å². The molecule has 1 saturated heterocycles. The van der Waals surface area contributed by atoms with Crippen LogP contribution in [0.25, 0.3) is 6.08 Å². The van der Waals surface area contributed by atoms with Crippen LogP contribution < -0.4 is 0 Å². The van der Waals surface area contributed by atoms with Gasteiger partial charge in [0.25, 0.3) is 0 Å². The third-order valence-electron chi connectivity index (χ3n) is 3.56. The van der Waals surface area contributed by atoms with E-state index in [0.29, 0.717) is 39.3 Å². The van der Waals surface area contributed by atoms with E-state index in [1.165, 1.54) is 0 Å². The molecular weight excluding hydrogens is 280 g/mol. The zero-order valence-corrected chi connectivity index (χ0v) is 12.9. The third-order valence-corrected chi connectivity index (χ3v) is 3.56. The summed E-state index contributed by atoms with van der Waals surface area (Å²) >= 11 is 0. The minimum atomic E-state index is -0.203. The molecule has 0 bridgehead atoms. The van der Waals surface area contributed by atoms with E-state index in [1.807, 2.05) is 41.3 Å². The first kappa shape index (κ1) is 16.2. The average Bonchev–Trinajstić information content (AvgIpc) is 2.54. The van der Waals surface area contributed by atoms with Crippen molar-refractivity contribution in [2.75, 3.05) is 39.3 Å². The molecule has 2 rings (SSSR count). The van der Waals surface area contributed by atoms with Crippen molar-refractivity contribution in [3.8, 4) is 0 Å². The number of hydrogen-bond donors (Lipinski definition) is 0. The summed E-state index contributed by atoms with van der Waals surface area (Å²) in [6, 6.07) is 9.75. The summed E-state index contributed by atoms with van der Waals surface area (Å²) < 4.78 is 4.93. The Hall–Kier alpha value is -2.14. The predicted octanol–water partition coefficient (Wildman–Crippen LogP) is 1.41. The zero-order chi connectivity index (χ0) is 15.8. The Kier molecular flexibility index (Phi) is 6.15. The lowest BCUT2D eigenvalue weighted by Crippen LogP contribution is -2.49. The summed E-state index contributed by atoms with van der Waals surface area (Å²) in [5.41, 5.74) is 1.01. The molecule has 1 aliphatic heterocycles. The molecule has 1 aliphatic rings. The van der Waals surface area contributed by atoms with E-state index in [1.54, 1.807) is 17.9 Å². The van der Waals surface area contributed by atoms with Gasteiger partial charge in [0.1, 0.15) is 0 Å². The van der Waals surface area contributed by atoms with Crippen LogP contribution in [0.4, 0.5) is 0 Å². The van der Waals surface area contributed by atoms with Gasteiger partial charge in [-0.3, -0.25) is 14.5 Å². The zero-order valence-electron chi connectivity index (χ0n) is 12.9. The molecule has 0 aliphatic carbocycles. The lowest BCUT2D eigenvalue weighted by molar-refractivity contribution is -0.145. The highest BCUT2D eigenvalue weighted by atomic mass is 16.5.